The molecule has 1 amide bonds. The highest BCUT2D eigenvalue weighted by molar-refractivity contribution is 5.78. The highest BCUT2D eigenvalue weighted by Crippen LogP contribution is 2.11. The molecule has 0 unspecified atom stereocenters. The summed E-state index contributed by atoms with van der Waals surface area (Å²) in [6, 6.07) is 1.54. The lowest BCUT2D eigenvalue weighted by Crippen LogP contribution is -2.50. The van der Waals surface area contributed by atoms with Crippen molar-refractivity contribution < 1.29 is 4.79 Å². The van der Waals surface area contributed by atoms with Crippen LogP contribution in [0.15, 0.2) is 15.7 Å². The summed E-state index contributed by atoms with van der Waals surface area (Å²) >= 11 is 0. The fraction of sp³-hybridized carbons (Fsp3) is 0.737. The quantitative estimate of drug-likeness (QED) is 0.714. The zero-order chi connectivity index (χ0) is 19.4. The van der Waals surface area contributed by atoms with Crippen LogP contribution in [0.4, 0.5) is 0 Å². The fourth-order valence-electron chi connectivity index (χ4n) is 3.88. The fourth-order valence-corrected chi connectivity index (χ4v) is 3.88. The molecule has 0 spiro atoms. The van der Waals surface area contributed by atoms with Gasteiger partial charge >= 0.3 is 5.69 Å². The molecule has 2 saturated heterocycles. The van der Waals surface area contributed by atoms with Gasteiger partial charge in [0.1, 0.15) is 0 Å². The maximum Gasteiger partial charge on any atom is 0.330 e. The molecule has 27 heavy (non-hydrogen) atoms. The van der Waals surface area contributed by atoms with Gasteiger partial charge in [0.05, 0.1) is 6.54 Å². The van der Waals surface area contributed by atoms with Crippen LogP contribution in [0.1, 0.15) is 31.4 Å². The Hall–Kier alpha value is -1.93. The van der Waals surface area contributed by atoms with Crippen LogP contribution < -0.4 is 11.2 Å². The minimum atomic E-state index is -0.292. The van der Waals surface area contributed by atoms with Crippen molar-refractivity contribution in [2.75, 3.05) is 45.8 Å². The molecule has 2 aliphatic rings. The molecule has 3 rings (SSSR count). The smallest absolute Gasteiger partial charge is 0.330 e. The Morgan fingerprint density at radius 3 is 2.07 bits per heavy atom. The number of carbonyl (C=O) groups is 1. The normalized spacial score (nSPS) is 19.9. The number of hydrogen-bond donors (Lipinski definition) is 0. The largest absolute Gasteiger partial charge is 0.342 e. The van der Waals surface area contributed by atoms with Gasteiger partial charge in [-0.15, -0.1) is 0 Å². The van der Waals surface area contributed by atoms with Crippen LogP contribution in [0, 0.1) is 0 Å². The van der Waals surface area contributed by atoms with Crippen LogP contribution >= 0.6 is 0 Å². The zero-order valence-electron chi connectivity index (χ0n) is 16.5. The molecule has 0 bridgehead atoms. The molecule has 0 saturated carbocycles. The highest BCUT2D eigenvalue weighted by atomic mass is 16.2. The summed E-state index contributed by atoms with van der Waals surface area (Å²) in [7, 11) is 3.20. The number of likely N-dealkylation sites (tertiary alicyclic amines) is 1. The Morgan fingerprint density at radius 1 is 0.852 bits per heavy atom. The van der Waals surface area contributed by atoms with E-state index >= 15 is 0 Å². The first-order valence-corrected chi connectivity index (χ1v) is 9.94. The van der Waals surface area contributed by atoms with E-state index in [4.69, 9.17) is 0 Å². The van der Waals surface area contributed by atoms with E-state index in [1.807, 2.05) is 4.90 Å². The molecular weight excluding hydrogens is 346 g/mol. The number of aromatic nitrogens is 2. The van der Waals surface area contributed by atoms with E-state index in [9.17, 15) is 14.4 Å². The molecule has 0 aliphatic carbocycles. The van der Waals surface area contributed by atoms with Crippen molar-refractivity contribution in [2.24, 2.45) is 14.1 Å². The van der Waals surface area contributed by atoms with Crippen LogP contribution in [0.5, 0.6) is 0 Å². The summed E-state index contributed by atoms with van der Waals surface area (Å²) in [5, 5.41) is 0. The average molecular weight is 377 g/mol. The minimum absolute atomic E-state index is 0.249. The van der Waals surface area contributed by atoms with Crippen LogP contribution in [-0.4, -0.2) is 75.6 Å². The summed E-state index contributed by atoms with van der Waals surface area (Å²) in [6.07, 6.45) is 4.70. The van der Waals surface area contributed by atoms with Crippen molar-refractivity contribution in [3.8, 4) is 0 Å². The average Bonchev–Trinajstić information content (AvgIpc) is 2.95. The van der Waals surface area contributed by atoms with Crippen molar-refractivity contribution in [3.63, 3.8) is 0 Å². The third-order valence-corrected chi connectivity index (χ3v) is 5.79. The molecule has 8 heteroatoms. The van der Waals surface area contributed by atoms with Gasteiger partial charge in [-0.1, -0.05) is 12.8 Å². The molecule has 150 valence electrons. The number of rotatable bonds is 4. The van der Waals surface area contributed by atoms with Crippen LogP contribution in [-0.2, 0) is 25.4 Å². The van der Waals surface area contributed by atoms with Gasteiger partial charge in [-0.3, -0.25) is 28.5 Å². The molecule has 3 heterocycles. The number of nitrogens with zero attached hydrogens (tertiary/aromatic N) is 5. The third kappa shape index (κ3) is 4.87. The van der Waals surface area contributed by atoms with Gasteiger partial charge in [0.15, 0.2) is 0 Å². The Bertz CT molecular complexity index is 769. The monoisotopic (exact) mass is 377 g/mol. The van der Waals surface area contributed by atoms with Gasteiger partial charge in [0.25, 0.3) is 5.56 Å². The molecule has 2 fully saturated rings. The second-order valence-electron chi connectivity index (χ2n) is 7.72. The van der Waals surface area contributed by atoms with Crippen LogP contribution in [0.2, 0.25) is 0 Å². The predicted molar refractivity (Wildman–Crippen MR) is 104 cm³/mol. The van der Waals surface area contributed by atoms with Crippen LogP contribution in [0.3, 0.4) is 0 Å². The van der Waals surface area contributed by atoms with Crippen LogP contribution in [0.25, 0.3) is 0 Å². The Kier molecular flexibility index (Phi) is 6.49. The van der Waals surface area contributed by atoms with Gasteiger partial charge < -0.3 is 4.90 Å². The zero-order valence-corrected chi connectivity index (χ0v) is 16.5. The molecule has 8 nitrogen and oxygen atoms in total. The summed E-state index contributed by atoms with van der Waals surface area (Å²) in [5.74, 6) is 0.249. The van der Waals surface area contributed by atoms with Crippen molar-refractivity contribution in [3.05, 3.63) is 32.6 Å². The topological polar surface area (TPSA) is 70.8 Å². The predicted octanol–water partition coefficient (Wildman–Crippen LogP) is -0.396. The Morgan fingerprint density at radius 2 is 1.44 bits per heavy atom. The first kappa shape index (κ1) is 19.8. The lowest BCUT2D eigenvalue weighted by atomic mass is 10.2. The SMILES string of the molecule is Cn1c(CN2CCN(CC(=O)N3CCCCCC3)CC2)cc(=O)n(C)c1=O. The van der Waals surface area contributed by atoms with Crippen molar-refractivity contribution in [2.45, 2.75) is 32.2 Å². The second kappa shape index (κ2) is 8.84. The molecule has 2 aliphatic heterocycles. The molecule has 0 N–H and O–H groups in total. The summed E-state index contributed by atoms with van der Waals surface area (Å²) < 4.78 is 2.66. The summed E-state index contributed by atoms with van der Waals surface area (Å²) in [5.41, 5.74) is 0.172. The van der Waals surface area contributed by atoms with E-state index in [2.05, 4.69) is 9.80 Å². The number of piperazine rings is 1. The van der Waals surface area contributed by atoms with E-state index < -0.39 is 0 Å². The lowest BCUT2D eigenvalue weighted by molar-refractivity contribution is -0.132. The van der Waals surface area contributed by atoms with Crippen molar-refractivity contribution in [1.82, 2.24) is 23.8 Å². The number of hydrogen-bond acceptors (Lipinski definition) is 5. The van der Waals surface area contributed by atoms with E-state index in [1.54, 1.807) is 7.05 Å². The second-order valence-corrected chi connectivity index (χ2v) is 7.72. The molecule has 0 radical (unpaired) electrons. The number of carbonyl (C=O) groups excluding carboxylic acids is 1. The minimum Gasteiger partial charge on any atom is -0.342 e. The van der Waals surface area contributed by atoms with E-state index in [0.29, 0.717) is 13.1 Å². The Balaban J connectivity index is 1.51. The molecule has 0 atom stereocenters. The van der Waals surface area contributed by atoms with E-state index in [-0.39, 0.29) is 17.2 Å². The lowest BCUT2D eigenvalue weighted by Gasteiger charge is -2.35. The first-order chi connectivity index (χ1) is 13.0. The van der Waals surface area contributed by atoms with Gasteiger partial charge in [0, 0.05) is 71.7 Å². The van der Waals surface area contributed by atoms with Crippen molar-refractivity contribution >= 4 is 5.91 Å². The molecule has 0 aromatic carbocycles. The maximum atomic E-state index is 12.5. The first-order valence-electron chi connectivity index (χ1n) is 9.94. The molecule has 1 aromatic rings. The van der Waals surface area contributed by atoms with Gasteiger partial charge in [-0.05, 0) is 12.8 Å². The van der Waals surface area contributed by atoms with Gasteiger partial charge in [-0.2, -0.15) is 0 Å². The van der Waals surface area contributed by atoms with Gasteiger partial charge in [-0.25, -0.2) is 4.79 Å². The van der Waals surface area contributed by atoms with E-state index in [0.717, 1.165) is 62.4 Å². The standard InChI is InChI=1S/C19H31N5O3/c1-20-16(13-17(25)21(2)19(20)27)14-22-9-11-23(12-10-22)15-18(26)24-7-5-3-4-6-8-24/h13H,3-12,14-15H2,1-2H3. The summed E-state index contributed by atoms with van der Waals surface area (Å²) in [6.45, 7) is 6.20. The van der Waals surface area contributed by atoms with Gasteiger partial charge in [0.2, 0.25) is 5.91 Å². The van der Waals surface area contributed by atoms with Crippen molar-refractivity contribution in [1.29, 1.82) is 0 Å². The highest BCUT2D eigenvalue weighted by Gasteiger charge is 2.23. The number of amides is 1. The maximum absolute atomic E-state index is 12.5. The summed E-state index contributed by atoms with van der Waals surface area (Å²) in [4.78, 5) is 43.0. The third-order valence-electron chi connectivity index (χ3n) is 5.79. The van der Waals surface area contributed by atoms with E-state index in [1.165, 1.54) is 30.5 Å². The molecule has 1 aromatic heterocycles. The molecular formula is C19H31N5O3. The Labute approximate surface area is 160 Å².